The zero-order valence-electron chi connectivity index (χ0n) is 15.3. The monoisotopic (exact) mass is 356 g/mol. The lowest BCUT2D eigenvalue weighted by molar-refractivity contribution is -0.147. The molecule has 0 aliphatic heterocycles. The molecule has 0 saturated carbocycles. The van der Waals surface area contributed by atoms with Crippen molar-refractivity contribution in [2.45, 2.75) is 45.4 Å². The molecule has 0 bridgehead atoms. The summed E-state index contributed by atoms with van der Waals surface area (Å²) < 4.78 is 10.6. The molecule has 1 atom stereocenters. The summed E-state index contributed by atoms with van der Waals surface area (Å²) in [5, 5.41) is 2.61. The van der Waals surface area contributed by atoms with Gasteiger partial charge in [-0.15, -0.1) is 0 Å². The number of nitrogens with one attached hydrogen (secondary N) is 1. The molecular weight excluding hydrogens is 332 g/mol. The number of nitrogens with zero attached hydrogens (tertiary/aromatic N) is 1. The number of carbonyl (C=O) groups excluding carboxylic acids is 2. The lowest BCUT2D eigenvalue weighted by Gasteiger charge is -2.23. The predicted octanol–water partition coefficient (Wildman–Crippen LogP) is 3.26. The molecule has 0 unspecified atom stereocenters. The van der Waals surface area contributed by atoms with E-state index < -0.39 is 23.7 Å². The van der Waals surface area contributed by atoms with Crippen molar-refractivity contribution in [2.75, 3.05) is 0 Å². The van der Waals surface area contributed by atoms with Crippen LogP contribution in [0.4, 0.5) is 4.79 Å². The van der Waals surface area contributed by atoms with Crippen LogP contribution in [0.3, 0.4) is 0 Å². The van der Waals surface area contributed by atoms with Gasteiger partial charge in [0.2, 0.25) is 0 Å². The highest BCUT2D eigenvalue weighted by Crippen LogP contribution is 2.10. The van der Waals surface area contributed by atoms with Gasteiger partial charge in [0.25, 0.3) is 0 Å². The van der Waals surface area contributed by atoms with Crippen molar-refractivity contribution in [1.29, 1.82) is 0 Å². The summed E-state index contributed by atoms with van der Waals surface area (Å²) in [6.07, 6.45) is 2.92. The van der Waals surface area contributed by atoms with Gasteiger partial charge in [0, 0.05) is 18.8 Å². The first kappa shape index (κ1) is 19.4. The molecule has 0 spiro atoms. The number of hydrogen-bond acceptors (Lipinski definition) is 5. The molecule has 1 aromatic carbocycles. The first-order valence-electron chi connectivity index (χ1n) is 8.42. The predicted molar refractivity (Wildman–Crippen MR) is 97.3 cm³/mol. The van der Waals surface area contributed by atoms with Gasteiger partial charge >= 0.3 is 12.1 Å². The minimum atomic E-state index is -0.839. The van der Waals surface area contributed by atoms with Gasteiger partial charge in [0.1, 0.15) is 18.2 Å². The van der Waals surface area contributed by atoms with E-state index >= 15 is 0 Å². The molecule has 2 aromatic rings. The second-order valence-corrected chi connectivity index (χ2v) is 6.85. The highest BCUT2D eigenvalue weighted by Gasteiger charge is 2.26. The Bertz CT molecular complexity index is 712. The fourth-order valence-electron chi connectivity index (χ4n) is 2.23. The smallest absolute Gasteiger partial charge is 0.408 e. The molecule has 0 saturated heterocycles. The quantitative estimate of drug-likeness (QED) is 0.804. The van der Waals surface area contributed by atoms with Crippen molar-refractivity contribution < 1.29 is 19.1 Å². The van der Waals surface area contributed by atoms with Gasteiger partial charge in [-0.3, -0.25) is 4.98 Å². The Kier molecular flexibility index (Phi) is 6.72. The molecule has 1 heterocycles. The number of alkyl carbamates (subject to hydrolysis) is 1. The zero-order chi connectivity index (χ0) is 19.0. The van der Waals surface area contributed by atoms with Crippen LogP contribution >= 0.6 is 0 Å². The molecule has 0 fully saturated rings. The summed E-state index contributed by atoms with van der Waals surface area (Å²) >= 11 is 0. The largest absolute Gasteiger partial charge is 0.459 e. The Morgan fingerprint density at radius 3 is 2.31 bits per heavy atom. The first-order chi connectivity index (χ1) is 12.3. The molecule has 6 heteroatoms. The average Bonchev–Trinajstić information content (AvgIpc) is 2.59. The van der Waals surface area contributed by atoms with Crippen molar-refractivity contribution in [2.24, 2.45) is 0 Å². The molecule has 1 N–H and O–H groups in total. The van der Waals surface area contributed by atoms with Crippen LogP contribution in [0.25, 0.3) is 0 Å². The van der Waals surface area contributed by atoms with Crippen molar-refractivity contribution in [3.63, 3.8) is 0 Å². The van der Waals surface area contributed by atoms with Crippen LogP contribution in [0.1, 0.15) is 31.9 Å². The average molecular weight is 356 g/mol. The van der Waals surface area contributed by atoms with Crippen LogP contribution in [0, 0.1) is 0 Å². The Morgan fingerprint density at radius 2 is 1.69 bits per heavy atom. The van der Waals surface area contributed by atoms with E-state index in [9.17, 15) is 9.59 Å². The van der Waals surface area contributed by atoms with E-state index in [-0.39, 0.29) is 6.61 Å². The minimum absolute atomic E-state index is 0.114. The zero-order valence-corrected chi connectivity index (χ0v) is 15.3. The standard InChI is InChI=1S/C20H24N2O4/c1-20(2,3)26-19(24)22-17(13-15-7-5-4-6-8-15)18(23)25-14-16-9-11-21-12-10-16/h4-12,17H,13-14H2,1-3H3,(H,22,24)/t17-/m0/s1. The number of amides is 1. The molecule has 6 nitrogen and oxygen atoms in total. The number of hydrogen-bond donors (Lipinski definition) is 1. The van der Waals surface area contributed by atoms with E-state index in [0.29, 0.717) is 6.42 Å². The van der Waals surface area contributed by atoms with Gasteiger partial charge in [-0.1, -0.05) is 30.3 Å². The SMILES string of the molecule is CC(C)(C)OC(=O)N[C@@H](Cc1ccccc1)C(=O)OCc1ccncc1. The van der Waals surface area contributed by atoms with Gasteiger partial charge in [-0.05, 0) is 44.0 Å². The number of carbonyl (C=O) groups is 2. The Hall–Kier alpha value is -2.89. The number of aromatic nitrogens is 1. The Labute approximate surface area is 153 Å². The maximum absolute atomic E-state index is 12.5. The number of pyridine rings is 1. The van der Waals surface area contributed by atoms with Crippen molar-refractivity contribution in [3.8, 4) is 0 Å². The summed E-state index contributed by atoms with van der Waals surface area (Å²) in [4.78, 5) is 28.5. The van der Waals surface area contributed by atoms with Crippen molar-refractivity contribution >= 4 is 12.1 Å². The van der Waals surface area contributed by atoms with Crippen LogP contribution in [0.15, 0.2) is 54.9 Å². The molecule has 1 aromatic heterocycles. The molecule has 0 aliphatic rings. The Balaban J connectivity index is 2.03. The molecule has 138 valence electrons. The van der Waals surface area contributed by atoms with E-state index in [1.54, 1.807) is 45.3 Å². The number of ether oxygens (including phenoxy) is 2. The molecule has 1 amide bonds. The van der Waals surface area contributed by atoms with E-state index in [0.717, 1.165) is 11.1 Å². The summed E-state index contributed by atoms with van der Waals surface area (Å²) in [5.41, 5.74) is 1.08. The topological polar surface area (TPSA) is 77.5 Å². The lowest BCUT2D eigenvalue weighted by Crippen LogP contribution is -2.45. The van der Waals surface area contributed by atoms with Crippen LogP contribution in [0.5, 0.6) is 0 Å². The highest BCUT2D eigenvalue weighted by molar-refractivity contribution is 5.81. The van der Waals surface area contributed by atoms with E-state index in [4.69, 9.17) is 9.47 Å². The third-order valence-corrected chi connectivity index (χ3v) is 3.39. The van der Waals surface area contributed by atoms with Gasteiger partial charge in [-0.25, -0.2) is 9.59 Å². The van der Waals surface area contributed by atoms with E-state index in [1.165, 1.54) is 0 Å². The second-order valence-electron chi connectivity index (χ2n) is 6.85. The normalized spacial score (nSPS) is 12.1. The molecular formula is C20H24N2O4. The number of esters is 1. The number of benzene rings is 1. The minimum Gasteiger partial charge on any atom is -0.459 e. The van der Waals surface area contributed by atoms with Crippen molar-refractivity contribution in [1.82, 2.24) is 10.3 Å². The second kappa shape index (κ2) is 8.99. The first-order valence-corrected chi connectivity index (χ1v) is 8.42. The molecule has 0 aliphatic carbocycles. The van der Waals surface area contributed by atoms with Gasteiger partial charge in [-0.2, -0.15) is 0 Å². The summed E-state index contributed by atoms with van der Waals surface area (Å²) in [5.74, 6) is -0.517. The van der Waals surface area contributed by atoms with Gasteiger partial charge < -0.3 is 14.8 Å². The summed E-state index contributed by atoms with van der Waals surface area (Å²) in [7, 11) is 0. The third kappa shape index (κ3) is 6.93. The molecule has 26 heavy (non-hydrogen) atoms. The summed E-state index contributed by atoms with van der Waals surface area (Å²) in [6.45, 7) is 5.41. The molecule has 0 radical (unpaired) electrons. The fourth-order valence-corrected chi connectivity index (χ4v) is 2.23. The Morgan fingerprint density at radius 1 is 1.04 bits per heavy atom. The third-order valence-electron chi connectivity index (χ3n) is 3.39. The van der Waals surface area contributed by atoms with Crippen LogP contribution < -0.4 is 5.32 Å². The fraction of sp³-hybridized carbons (Fsp3) is 0.350. The van der Waals surface area contributed by atoms with Gasteiger partial charge in [0.05, 0.1) is 0 Å². The maximum atomic E-state index is 12.5. The maximum Gasteiger partial charge on any atom is 0.408 e. The highest BCUT2D eigenvalue weighted by atomic mass is 16.6. The van der Waals surface area contributed by atoms with E-state index in [2.05, 4.69) is 10.3 Å². The van der Waals surface area contributed by atoms with Gasteiger partial charge in [0.15, 0.2) is 0 Å². The van der Waals surface area contributed by atoms with Crippen molar-refractivity contribution in [3.05, 3.63) is 66.0 Å². The van der Waals surface area contributed by atoms with Crippen LogP contribution in [-0.4, -0.2) is 28.7 Å². The van der Waals surface area contributed by atoms with E-state index in [1.807, 2.05) is 30.3 Å². The lowest BCUT2D eigenvalue weighted by atomic mass is 10.1. The number of rotatable bonds is 6. The van der Waals surface area contributed by atoms with Crippen LogP contribution in [-0.2, 0) is 27.3 Å². The molecule has 2 rings (SSSR count). The summed E-state index contributed by atoms with van der Waals surface area (Å²) in [6, 6.07) is 12.1. The van der Waals surface area contributed by atoms with Crippen LogP contribution in [0.2, 0.25) is 0 Å².